The molecular formula is C15H20N2O4. The number of piperazine rings is 1. The van der Waals surface area contributed by atoms with Gasteiger partial charge in [0.05, 0.1) is 12.7 Å². The lowest BCUT2D eigenvalue weighted by Crippen LogP contribution is -2.51. The second-order valence-electron chi connectivity index (χ2n) is 4.81. The van der Waals surface area contributed by atoms with Gasteiger partial charge < -0.3 is 19.3 Å². The molecule has 1 heterocycles. The molecule has 0 aliphatic carbocycles. The number of rotatable bonds is 4. The summed E-state index contributed by atoms with van der Waals surface area (Å²) in [5.41, 5.74) is 0.552. The molecule has 1 aromatic carbocycles. The zero-order valence-electron chi connectivity index (χ0n) is 12.4. The normalized spacial score (nSPS) is 15.0. The Morgan fingerprint density at radius 1 is 1.05 bits per heavy atom. The lowest BCUT2D eigenvalue weighted by atomic mass is 10.1. The maximum absolute atomic E-state index is 12.5. The summed E-state index contributed by atoms with van der Waals surface area (Å²) in [5.74, 6) is 0.466. The molecule has 6 nitrogen and oxygen atoms in total. The number of carbonyl (C=O) groups is 2. The van der Waals surface area contributed by atoms with Crippen LogP contribution in [0.5, 0.6) is 5.75 Å². The van der Waals surface area contributed by atoms with Gasteiger partial charge >= 0.3 is 0 Å². The Balaban J connectivity index is 1.99. The number of para-hydroxylation sites is 1. The minimum atomic E-state index is -0.0636. The van der Waals surface area contributed by atoms with Crippen LogP contribution in [-0.2, 0) is 9.53 Å². The molecule has 0 bridgehead atoms. The number of amides is 2. The van der Waals surface area contributed by atoms with Crippen LogP contribution in [0.3, 0.4) is 0 Å². The fourth-order valence-corrected chi connectivity index (χ4v) is 2.37. The van der Waals surface area contributed by atoms with Crippen LogP contribution in [0.15, 0.2) is 24.3 Å². The van der Waals surface area contributed by atoms with Crippen molar-refractivity contribution < 1.29 is 19.1 Å². The second kappa shape index (κ2) is 7.08. The zero-order valence-corrected chi connectivity index (χ0v) is 12.4. The molecule has 1 aromatic rings. The van der Waals surface area contributed by atoms with E-state index in [0.717, 1.165) is 0 Å². The fourth-order valence-electron chi connectivity index (χ4n) is 2.37. The number of ether oxygens (including phenoxy) is 2. The molecule has 0 N–H and O–H groups in total. The van der Waals surface area contributed by atoms with E-state index in [9.17, 15) is 9.59 Å². The first-order valence-corrected chi connectivity index (χ1v) is 6.86. The molecule has 1 aliphatic rings. The van der Waals surface area contributed by atoms with E-state index in [2.05, 4.69) is 0 Å². The largest absolute Gasteiger partial charge is 0.496 e. The first-order chi connectivity index (χ1) is 10.2. The summed E-state index contributed by atoms with van der Waals surface area (Å²) in [4.78, 5) is 27.7. The minimum Gasteiger partial charge on any atom is -0.496 e. The number of hydrogen-bond acceptors (Lipinski definition) is 4. The number of methoxy groups -OCH3 is 2. The van der Waals surface area contributed by atoms with Gasteiger partial charge in [-0.2, -0.15) is 0 Å². The second-order valence-corrected chi connectivity index (χ2v) is 4.81. The third-order valence-electron chi connectivity index (χ3n) is 3.52. The van der Waals surface area contributed by atoms with Gasteiger partial charge in [0, 0.05) is 33.3 Å². The average Bonchev–Trinajstić information content (AvgIpc) is 2.54. The van der Waals surface area contributed by atoms with Crippen molar-refractivity contribution in [1.82, 2.24) is 9.80 Å². The summed E-state index contributed by atoms with van der Waals surface area (Å²) in [6.07, 6.45) is 0. The highest BCUT2D eigenvalue weighted by Crippen LogP contribution is 2.20. The van der Waals surface area contributed by atoms with Crippen LogP contribution in [0.1, 0.15) is 10.4 Å². The Morgan fingerprint density at radius 3 is 2.29 bits per heavy atom. The number of hydrogen-bond donors (Lipinski definition) is 0. The van der Waals surface area contributed by atoms with Gasteiger partial charge in [0.2, 0.25) is 5.91 Å². The lowest BCUT2D eigenvalue weighted by molar-refractivity contribution is -0.136. The molecule has 1 saturated heterocycles. The predicted molar refractivity (Wildman–Crippen MR) is 77.4 cm³/mol. The highest BCUT2D eigenvalue weighted by Gasteiger charge is 2.25. The zero-order chi connectivity index (χ0) is 15.2. The van der Waals surface area contributed by atoms with E-state index >= 15 is 0 Å². The van der Waals surface area contributed by atoms with Crippen molar-refractivity contribution in [1.29, 1.82) is 0 Å². The highest BCUT2D eigenvalue weighted by atomic mass is 16.5. The summed E-state index contributed by atoms with van der Waals surface area (Å²) in [5, 5.41) is 0. The Bertz CT molecular complexity index is 510. The number of nitrogens with zero attached hydrogens (tertiary/aromatic N) is 2. The van der Waals surface area contributed by atoms with Crippen molar-refractivity contribution in [3.8, 4) is 5.75 Å². The molecule has 1 aliphatic heterocycles. The maximum atomic E-state index is 12.5. The van der Waals surface area contributed by atoms with E-state index in [-0.39, 0.29) is 18.4 Å². The number of benzene rings is 1. The van der Waals surface area contributed by atoms with Gasteiger partial charge in [-0.1, -0.05) is 12.1 Å². The van der Waals surface area contributed by atoms with Crippen molar-refractivity contribution in [2.45, 2.75) is 0 Å². The molecular weight excluding hydrogens is 272 g/mol. The van der Waals surface area contributed by atoms with E-state index in [1.165, 1.54) is 7.11 Å². The summed E-state index contributed by atoms with van der Waals surface area (Å²) in [7, 11) is 3.05. The summed E-state index contributed by atoms with van der Waals surface area (Å²) in [6.45, 7) is 2.19. The van der Waals surface area contributed by atoms with Gasteiger partial charge in [-0.3, -0.25) is 9.59 Å². The van der Waals surface area contributed by atoms with Gasteiger partial charge in [-0.25, -0.2) is 0 Å². The average molecular weight is 292 g/mol. The molecule has 0 spiro atoms. The summed E-state index contributed by atoms with van der Waals surface area (Å²) >= 11 is 0. The standard InChI is InChI=1S/C15H20N2O4/c1-20-11-14(18)16-7-9-17(10-8-16)15(19)12-5-3-4-6-13(12)21-2/h3-6H,7-11H2,1-2H3. The molecule has 1 fully saturated rings. The third kappa shape index (κ3) is 3.52. The quantitative estimate of drug-likeness (QED) is 0.816. The van der Waals surface area contributed by atoms with E-state index in [1.807, 2.05) is 12.1 Å². The molecule has 114 valence electrons. The molecule has 2 rings (SSSR count). The topological polar surface area (TPSA) is 59.1 Å². The fraction of sp³-hybridized carbons (Fsp3) is 0.467. The number of carbonyl (C=O) groups excluding carboxylic acids is 2. The minimum absolute atomic E-state index is 0.0399. The lowest BCUT2D eigenvalue weighted by Gasteiger charge is -2.34. The smallest absolute Gasteiger partial charge is 0.257 e. The molecule has 0 saturated carbocycles. The molecule has 0 atom stereocenters. The van der Waals surface area contributed by atoms with Crippen LogP contribution < -0.4 is 4.74 Å². The molecule has 0 aromatic heterocycles. The summed E-state index contributed by atoms with van der Waals surface area (Å²) in [6, 6.07) is 7.17. The van der Waals surface area contributed by atoms with Gasteiger partial charge in [0.15, 0.2) is 0 Å². The first-order valence-electron chi connectivity index (χ1n) is 6.86. The van der Waals surface area contributed by atoms with Gasteiger partial charge in [-0.15, -0.1) is 0 Å². The summed E-state index contributed by atoms with van der Waals surface area (Å²) < 4.78 is 10.1. The maximum Gasteiger partial charge on any atom is 0.257 e. The van der Waals surface area contributed by atoms with Gasteiger partial charge in [0.25, 0.3) is 5.91 Å². The molecule has 0 unspecified atom stereocenters. The SMILES string of the molecule is COCC(=O)N1CCN(C(=O)c2ccccc2OC)CC1. The van der Waals surface area contributed by atoms with Crippen molar-refractivity contribution in [2.75, 3.05) is 47.0 Å². The van der Waals surface area contributed by atoms with Gasteiger partial charge in [0.1, 0.15) is 12.4 Å². The van der Waals surface area contributed by atoms with Crippen molar-refractivity contribution >= 4 is 11.8 Å². The van der Waals surface area contributed by atoms with Crippen LogP contribution in [0, 0.1) is 0 Å². The van der Waals surface area contributed by atoms with E-state index in [1.54, 1.807) is 29.0 Å². The molecule has 0 radical (unpaired) electrons. The Labute approximate surface area is 124 Å². The van der Waals surface area contributed by atoms with Crippen LogP contribution in [0.4, 0.5) is 0 Å². The van der Waals surface area contributed by atoms with Crippen molar-refractivity contribution in [3.63, 3.8) is 0 Å². The van der Waals surface area contributed by atoms with Crippen LogP contribution in [0.2, 0.25) is 0 Å². The van der Waals surface area contributed by atoms with E-state index < -0.39 is 0 Å². The highest BCUT2D eigenvalue weighted by molar-refractivity contribution is 5.97. The van der Waals surface area contributed by atoms with Crippen molar-refractivity contribution in [3.05, 3.63) is 29.8 Å². The Hall–Kier alpha value is -2.08. The van der Waals surface area contributed by atoms with Crippen LogP contribution in [0.25, 0.3) is 0 Å². The monoisotopic (exact) mass is 292 g/mol. The first kappa shape index (κ1) is 15.3. The Kier molecular flexibility index (Phi) is 5.16. The molecule has 6 heteroatoms. The van der Waals surface area contributed by atoms with Gasteiger partial charge in [-0.05, 0) is 12.1 Å². The van der Waals surface area contributed by atoms with E-state index in [0.29, 0.717) is 37.5 Å². The molecule has 2 amide bonds. The Morgan fingerprint density at radius 2 is 1.67 bits per heavy atom. The van der Waals surface area contributed by atoms with Crippen molar-refractivity contribution in [2.24, 2.45) is 0 Å². The predicted octanol–water partition coefficient (Wildman–Crippen LogP) is 0.626. The van der Waals surface area contributed by atoms with Crippen LogP contribution >= 0.6 is 0 Å². The van der Waals surface area contributed by atoms with Crippen LogP contribution in [-0.4, -0.2) is 68.6 Å². The van der Waals surface area contributed by atoms with E-state index in [4.69, 9.17) is 9.47 Å². The third-order valence-corrected chi connectivity index (χ3v) is 3.52. The molecule has 21 heavy (non-hydrogen) atoms.